The number of hydrogen-bond acceptors (Lipinski definition) is 0. The maximum atomic E-state index is 4.47. The molecule has 1 aromatic carbocycles. The Morgan fingerprint density at radius 1 is 1.03 bits per heavy atom. The van der Waals surface area contributed by atoms with Crippen LogP contribution < -0.4 is 0 Å². The molecule has 0 aliphatic heterocycles. The maximum absolute atomic E-state index is 4.47. The van der Waals surface area contributed by atoms with Crippen molar-refractivity contribution in [3.05, 3.63) is 111 Å². The van der Waals surface area contributed by atoms with Gasteiger partial charge in [-0.2, -0.15) is 0 Å². The Hall–Kier alpha value is -2.60. The molecule has 0 radical (unpaired) electrons. The van der Waals surface area contributed by atoms with E-state index in [1.54, 1.807) is 5.56 Å². The summed E-state index contributed by atoms with van der Waals surface area (Å²) in [6.07, 6.45) is 29.4. The average Bonchev–Trinajstić information content (AvgIpc) is 3.57. The van der Waals surface area contributed by atoms with Crippen LogP contribution in [0.1, 0.15) is 68.1 Å². The molecule has 0 spiro atoms. The first kappa shape index (κ1) is 20.0. The zero-order valence-electron chi connectivity index (χ0n) is 19.2. The summed E-state index contributed by atoms with van der Waals surface area (Å²) in [5.41, 5.74) is 13.1. The molecular weight excluding hydrogens is 384 g/mol. The maximum Gasteiger partial charge on any atom is 0.0172 e. The Morgan fingerprint density at radius 2 is 1.94 bits per heavy atom. The third kappa shape index (κ3) is 3.85. The Morgan fingerprint density at radius 3 is 2.81 bits per heavy atom. The number of allylic oxidation sites excluding steroid dienone is 12. The van der Waals surface area contributed by atoms with E-state index in [1.165, 1.54) is 83.1 Å². The van der Waals surface area contributed by atoms with Crippen LogP contribution in [-0.4, -0.2) is 0 Å². The van der Waals surface area contributed by atoms with E-state index in [-0.39, 0.29) is 0 Å². The molecular formula is C32H34. The summed E-state index contributed by atoms with van der Waals surface area (Å²) in [5.74, 6) is 1.43. The van der Waals surface area contributed by atoms with Gasteiger partial charge in [-0.1, -0.05) is 105 Å². The fraction of sp³-hybridized carbons (Fsp3) is 0.375. The number of benzene rings is 1. The molecule has 0 N–H and O–H groups in total. The fourth-order valence-electron chi connectivity index (χ4n) is 6.39. The van der Waals surface area contributed by atoms with Gasteiger partial charge in [0.2, 0.25) is 0 Å². The summed E-state index contributed by atoms with van der Waals surface area (Å²) in [6, 6.07) is 7.28. The molecule has 0 aromatic heterocycles. The minimum atomic E-state index is 0.532. The third-order valence-electron chi connectivity index (χ3n) is 8.19. The van der Waals surface area contributed by atoms with Gasteiger partial charge in [-0.15, -0.1) is 0 Å². The second-order valence-corrected chi connectivity index (χ2v) is 10.5. The monoisotopic (exact) mass is 418 g/mol. The molecule has 0 nitrogen and oxygen atoms in total. The molecule has 0 amide bonds. The number of fused-ring (bicyclic) bond motifs is 2. The molecule has 0 saturated heterocycles. The lowest BCUT2D eigenvalue weighted by molar-refractivity contribution is 0.356. The van der Waals surface area contributed by atoms with Crippen molar-refractivity contribution in [2.24, 2.45) is 11.8 Å². The van der Waals surface area contributed by atoms with Crippen LogP contribution in [0.4, 0.5) is 0 Å². The lowest BCUT2D eigenvalue weighted by atomic mass is 9.84. The smallest absolute Gasteiger partial charge is 0.0172 e. The van der Waals surface area contributed by atoms with Gasteiger partial charge in [0.15, 0.2) is 0 Å². The van der Waals surface area contributed by atoms with E-state index in [4.69, 9.17) is 0 Å². The predicted molar refractivity (Wildman–Crippen MR) is 136 cm³/mol. The molecule has 1 fully saturated rings. The summed E-state index contributed by atoms with van der Waals surface area (Å²) >= 11 is 0. The SMILES string of the molecule is C=C(CC1=CCC=C1C1=Cc2cc(CC3CCCCC3)ccc2C1)C1=CC2C=CCC2=C1. The Labute approximate surface area is 193 Å². The summed E-state index contributed by atoms with van der Waals surface area (Å²) in [7, 11) is 0. The lowest BCUT2D eigenvalue weighted by Gasteiger charge is -2.21. The zero-order chi connectivity index (χ0) is 21.5. The van der Waals surface area contributed by atoms with Crippen molar-refractivity contribution >= 4 is 6.08 Å². The van der Waals surface area contributed by atoms with E-state index in [1.807, 2.05) is 0 Å². The molecule has 1 unspecified atom stereocenters. The molecule has 5 aliphatic carbocycles. The highest BCUT2D eigenvalue weighted by Crippen LogP contribution is 2.41. The quantitative estimate of drug-likeness (QED) is 0.407. The van der Waals surface area contributed by atoms with Crippen molar-refractivity contribution in [3.8, 4) is 0 Å². The van der Waals surface area contributed by atoms with Crippen molar-refractivity contribution in [2.45, 2.75) is 64.2 Å². The van der Waals surface area contributed by atoms with Crippen molar-refractivity contribution in [1.82, 2.24) is 0 Å². The normalized spacial score (nSPS) is 24.0. The minimum absolute atomic E-state index is 0.532. The van der Waals surface area contributed by atoms with E-state index in [0.717, 1.165) is 31.6 Å². The summed E-state index contributed by atoms with van der Waals surface area (Å²) in [5, 5.41) is 0. The van der Waals surface area contributed by atoms with E-state index >= 15 is 0 Å². The molecule has 1 aromatic rings. The van der Waals surface area contributed by atoms with Crippen molar-refractivity contribution in [1.29, 1.82) is 0 Å². The van der Waals surface area contributed by atoms with E-state index < -0.39 is 0 Å². The Bertz CT molecular complexity index is 1130. The molecule has 0 bridgehead atoms. The molecule has 0 heterocycles. The number of rotatable bonds is 6. The van der Waals surface area contributed by atoms with Gasteiger partial charge in [0, 0.05) is 5.92 Å². The highest BCUT2D eigenvalue weighted by Gasteiger charge is 2.24. The van der Waals surface area contributed by atoms with Gasteiger partial charge in [-0.25, -0.2) is 0 Å². The van der Waals surface area contributed by atoms with Gasteiger partial charge in [-0.3, -0.25) is 0 Å². The lowest BCUT2D eigenvalue weighted by Crippen LogP contribution is -2.09. The van der Waals surface area contributed by atoms with Gasteiger partial charge in [-0.05, 0) is 82.6 Å². The molecule has 1 atom stereocenters. The van der Waals surface area contributed by atoms with Crippen LogP contribution in [0.25, 0.3) is 6.08 Å². The summed E-state index contributed by atoms with van der Waals surface area (Å²) in [6.45, 7) is 4.47. The van der Waals surface area contributed by atoms with Gasteiger partial charge in [0.1, 0.15) is 0 Å². The first-order chi connectivity index (χ1) is 15.7. The topological polar surface area (TPSA) is 0 Å². The van der Waals surface area contributed by atoms with Crippen molar-refractivity contribution in [2.75, 3.05) is 0 Å². The van der Waals surface area contributed by atoms with Crippen LogP contribution in [0.2, 0.25) is 0 Å². The van der Waals surface area contributed by atoms with Crippen LogP contribution in [0.15, 0.2) is 94.7 Å². The van der Waals surface area contributed by atoms with Crippen molar-refractivity contribution in [3.63, 3.8) is 0 Å². The Kier molecular flexibility index (Phi) is 5.26. The molecule has 5 aliphatic rings. The van der Waals surface area contributed by atoms with Crippen molar-refractivity contribution < 1.29 is 0 Å². The molecule has 1 saturated carbocycles. The third-order valence-corrected chi connectivity index (χ3v) is 8.19. The number of hydrogen-bond donors (Lipinski definition) is 0. The van der Waals surface area contributed by atoms with Crippen LogP contribution in [0, 0.1) is 11.8 Å². The zero-order valence-corrected chi connectivity index (χ0v) is 19.2. The highest BCUT2D eigenvalue weighted by atomic mass is 14.3. The van der Waals surface area contributed by atoms with E-state index in [0.29, 0.717) is 5.92 Å². The largest absolute Gasteiger partial charge is 0.0949 e. The molecule has 0 heteroatoms. The van der Waals surface area contributed by atoms with Crippen LogP contribution in [-0.2, 0) is 12.8 Å². The minimum Gasteiger partial charge on any atom is -0.0949 e. The summed E-state index contributed by atoms with van der Waals surface area (Å²) in [4.78, 5) is 0. The summed E-state index contributed by atoms with van der Waals surface area (Å²) < 4.78 is 0. The molecule has 32 heavy (non-hydrogen) atoms. The Balaban J connectivity index is 1.15. The molecule has 162 valence electrons. The van der Waals surface area contributed by atoms with Crippen LogP contribution in [0.5, 0.6) is 0 Å². The van der Waals surface area contributed by atoms with E-state index in [9.17, 15) is 0 Å². The fourth-order valence-corrected chi connectivity index (χ4v) is 6.39. The highest BCUT2D eigenvalue weighted by molar-refractivity contribution is 5.72. The average molecular weight is 419 g/mol. The molecule has 6 rings (SSSR count). The van der Waals surface area contributed by atoms with Gasteiger partial charge in [0.05, 0.1) is 0 Å². The van der Waals surface area contributed by atoms with Gasteiger partial charge >= 0.3 is 0 Å². The predicted octanol–water partition coefficient (Wildman–Crippen LogP) is 8.39. The second-order valence-electron chi connectivity index (χ2n) is 10.5. The van der Waals surface area contributed by atoms with Gasteiger partial charge < -0.3 is 0 Å². The van der Waals surface area contributed by atoms with Gasteiger partial charge in [0.25, 0.3) is 0 Å². The second kappa shape index (κ2) is 8.39. The van der Waals surface area contributed by atoms with E-state index in [2.05, 4.69) is 67.3 Å². The first-order valence-electron chi connectivity index (χ1n) is 12.7. The standard InChI is InChI=1S/C32H34/c1-22(29-18-25-9-5-10-26(25)19-29)15-28-11-6-12-32(28)31-20-27-14-13-24(17-30(27)21-31)16-23-7-3-2-4-8-23/h5,9,11-14,17-19,21,23,25H,1-4,6-8,10,15-16,20H2. The first-order valence-corrected chi connectivity index (χ1v) is 12.7. The van der Waals surface area contributed by atoms with Crippen LogP contribution in [0.3, 0.4) is 0 Å². The van der Waals surface area contributed by atoms with Crippen LogP contribution >= 0.6 is 0 Å².